The van der Waals surface area contributed by atoms with Crippen LogP contribution in [0.2, 0.25) is 0 Å². The van der Waals surface area contributed by atoms with Gasteiger partial charge in [-0.2, -0.15) is 0 Å². The lowest BCUT2D eigenvalue weighted by atomic mass is 10.2. The van der Waals surface area contributed by atoms with Crippen LogP contribution in [0, 0.1) is 0 Å². The van der Waals surface area contributed by atoms with Crippen LogP contribution < -0.4 is 0 Å². The van der Waals surface area contributed by atoms with Gasteiger partial charge in [0, 0.05) is 0 Å². The zero-order valence-corrected chi connectivity index (χ0v) is 6.15. The molecule has 0 heterocycles. The van der Waals surface area contributed by atoms with Crippen molar-refractivity contribution in [3.05, 3.63) is 0 Å². The lowest BCUT2D eigenvalue weighted by molar-refractivity contribution is -0.132. The van der Waals surface area contributed by atoms with E-state index < -0.39 is 12.0 Å². The highest BCUT2D eigenvalue weighted by molar-refractivity contribution is 6.55. The number of ether oxygens (including phenoxy) is 2. The SMILES string of the molecule is BC(=O)O[C@@H](CO)COC=O. The second-order valence-corrected chi connectivity index (χ2v) is 1.84. The van der Waals surface area contributed by atoms with Crippen molar-refractivity contribution >= 4 is 20.2 Å². The van der Waals surface area contributed by atoms with E-state index in [2.05, 4.69) is 9.47 Å². The molecule has 0 radical (unpaired) electrons. The van der Waals surface area contributed by atoms with Crippen LogP contribution in [0.3, 0.4) is 0 Å². The third kappa shape index (κ3) is 5.41. The second-order valence-electron chi connectivity index (χ2n) is 1.84. The van der Waals surface area contributed by atoms with E-state index in [1.165, 1.54) is 7.85 Å². The number of rotatable bonds is 5. The van der Waals surface area contributed by atoms with E-state index in [9.17, 15) is 9.59 Å². The molecule has 0 aliphatic rings. The lowest BCUT2D eigenvalue weighted by Gasteiger charge is -2.12. The Balaban J connectivity index is 3.57. The highest BCUT2D eigenvalue weighted by atomic mass is 16.6. The summed E-state index contributed by atoms with van der Waals surface area (Å²) < 4.78 is 8.80. The smallest absolute Gasteiger partial charge is 0.293 e. The molecular formula is C5H9BO5. The zero-order valence-electron chi connectivity index (χ0n) is 6.15. The molecule has 0 unspecified atom stereocenters. The van der Waals surface area contributed by atoms with Gasteiger partial charge in [0.05, 0.1) is 6.61 Å². The van der Waals surface area contributed by atoms with Crippen LogP contribution in [0.4, 0.5) is 4.79 Å². The molecule has 1 atom stereocenters. The van der Waals surface area contributed by atoms with Crippen LogP contribution in [-0.2, 0) is 14.3 Å². The Bertz CT molecular complexity index is 137. The summed E-state index contributed by atoms with van der Waals surface area (Å²) in [7, 11) is 1.21. The molecule has 0 aliphatic heterocycles. The minimum atomic E-state index is -0.752. The van der Waals surface area contributed by atoms with E-state index in [1.807, 2.05) is 0 Å². The standard InChI is InChI=1S/C5H9BO5/c6-5(9)11-4(1-7)2-10-3-8/h3-4,7H,1-2,6H2/t4-/m0/s1. The largest absolute Gasteiger partial charge is 0.465 e. The maximum Gasteiger partial charge on any atom is 0.293 e. The van der Waals surface area contributed by atoms with Gasteiger partial charge in [0.25, 0.3) is 6.47 Å². The molecule has 0 amide bonds. The molecule has 0 saturated carbocycles. The normalized spacial score (nSPS) is 11.7. The van der Waals surface area contributed by atoms with Gasteiger partial charge in [-0.3, -0.25) is 9.59 Å². The summed E-state index contributed by atoms with van der Waals surface area (Å²) >= 11 is 0. The second kappa shape index (κ2) is 5.73. The Kier molecular flexibility index (Phi) is 5.19. The van der Waals surface area contributed by atoms with Gasteiger partial charge in [-0.1, -0.05) is 0 Å². The predicted molar refractivity (Wildman–Crippen MR) is 37.9 cm³/mol. The third-order valence-corrected chi connectivity index (χ3v) is 0.886. The fourth-order valence-corrected chi connectivity index (χ4v) is 0.505. The van der Waals surface area contributed by atoms with Crippen molar-refractivity contribution in [2.45, 2.75) is 6.10 Å². The maximum atomic E-state index is 10.3. The number of hydrogen-bond acceptors (Lipinski definition) is 5. The van der Waals surface area contributed by atoms with Crippen molar-refractivity contribution in [3.8, 4) is 0 Å². The van der Waals surface area contributed by atoms with Crippen LogP contribution in [0.1, 0.15) is 0 Å². The van der Waals surface area contributed by atoms with Crippen molar-refractivity contribution in [1.82, 2.24) is 0 Å². The van der Waals surface area contributed by atoms with Crippen molar-refractivity contribution < 1.29 is 24.2 Å². The summed E-state index contributed by atoms with van der Waals surface area (Å²) in [5.41, 5.74) is 0. The zero-order chi connectivity index (χ0) is 8.69. The first kappa shape index (κ1) is 9.96. The highest BCUT2D eigenvalue weighted by Gasteiger charge is 2.09. The van der Waals surface area contributed by atoms with E-state index >= 15 is 0 Å². The van der Waals surface area contributed by atoms with Gasteiger partial charge >= 0.3 is 0 Å². The van der Waals surface area contributed by atoms with Gasteiger partial charge < -0.3 is 14.6 Å². The van der Waals surface area contributed by atoms with Gasteiger partial charge in [0.2, 0.25) is 13.7 Å². The average Bonchev–Trinajstić information content (AvgIpc) is 1.97. The summed E-state index contributed by atoms with van der Waals surface area (Å²) in [6.45, 7) is -0.237. The summed E-state index contributed by atoms with van der Waals surface area (Å²) in [6, 6.07) is 0. The molecule has 0 aromatic heterocycles. The topological polar surface area (TPSA) is 72.8 Å². The van der Waals surface area contributed by atoms with Crippen LogP contribution >= 0.6 is 0 Å². The lowest BCUT2D eigenvalue weighted by Crippen LogP contribution is -2.26. The van der Waals surface area contributed by atoms with E-state index in [1.54, 1.807) is 0 Å². The molecule has 0 rings (SSSR count). The first-order valence-electron chi connectivity index (χ1n) is 3.04. The molecule has 0 aromatic rings. The monoisotopic (exact) mass is 160 g/mol. The number of carbonyl (C=O) groups excluding carboxylic acids is 2. The predicted octanol–water partition coefficient (Wildman–Crippen LogP) is -1.71. The molecule has 5 nitrogen and oxygen atoms in total. The molecular weight excluding hydrogens is 151 g/mol. The van der Waals surface area contributed by atoms with Crippen molar-refractivity contribution in [2.75, 3.05) is 13.2 Å². The first-order valence-corrected chi connectivity index (χ1v) is 3.04. The number of aliphatic hydroxyl groups excluding tert-OH is 1. The molecule has 0 aliphatic carbocycles. The molecule has 0 saturated heterocycles. The fourth-order valence-electron chi connectivity index (χ4n) is 0.505. The van der Waals surface area contributed by atoms with Gasteiger partial charge in [0.15, 0.2) is 6.10 Å². The van der Waals surface area contributed by atoms with Gasteiger partial charge in [-0.05, 0) is 0 Å². The molecule has 62 valence electrons. The summed E-state index contributed by atoms with van der Waals surface area (Å²) in [6.07, 6.45) is -0.752. The minimum Gasteiger partial charge on any atom is -0.465 e. The molecule has 0 fully saturated rings. The van der Waals surface area contributed by atoms with Gasteiger partial charge in [-0.15, -0.1) is 0 Å². The Hall–Kier alpha value is -1.04. The van der Waals surface area contributed by atoms with E-state index in [0.717, 1.165) is 0 Å². The van der Waals surface area contributed by atoms with Crippen molar-refractivity contribution in [1.29, 1.82) is 0 Å². The molecule has 6 heteroatoms. The summed E-state index contributed by atoms with van der Waals surface area (Å²) in [5.74, 6) is -0.515. The fraction of sp³-hybridized carbons (Fsp3) is 0.600. The van der Waals surface area contributed by atoms with Gasteiger partial charge in [0.1, 0.15) is 6.61 Å². The van der Waals surface area contributed by atoms with Crippen molar-refractivity contribution in [3.63, 3.8) is 0 Å². The molecule has 0 spiro atoms. The van der Waals surface area contributed by atoms with E-state index in [4.69, 9.17) is 5.11 Å². The number of aliphatic hydroxyl groups is 1. The molecule has 0 aromatic carbocycles. The quantitative estimate of drug-likeness (QED) is 0.382. The molecule has 0 bridgehead atoms. The minimum absolute atomic E-state index is 0.112. The summed E-state index contributed by atoms with van der Waals surface area (Å²) in [4.78, 5) is 20.0. The van der Waals surface area contributed by atoms with Crippen LogP contribution in [-0.4, -0.2) is 44.6 Å². The average molecular weight is 160 g/mol. The third-order valence-electron chi connectivity index (χ3n) is 0.886. The van der Waals surface area contributed by atoms with Crippen LogP contribution in [0.25, 0.3) is 0 Å². The Morgan fingerprint density at radius 3 is 2.73 bits per heavy atom. The van der Waals surface area contributed by atoms with E-state index in [0.29, 0.717) is 0 Å². The number of hydrogen-bond donors (Lipinski definition) is 1. The van der Waals surface area contributed by atoms with Crippen LogP contribution in [0.15, 0.2) is 0 Å². The number of carbonyl (C=O) groups is 2. The Morgan fingerprint density at radius 1 is 1.73 bits per heavy atom. The van der Waals surface area contributed by atoms with Crippen molar-refractivity contribution in [2.24, 2.45) is 0 Å². The molecule has 1 N–H and O–H groups in total. The first-order chi connectivity index (χ1) is 5.20. The maximum absolute atomic E-state index is 10.3. The Morgan fingerprint density at radius 2 is 2.36 bits per heavy atom. The Labute approximate surface area is 64.7 Å². The van der Waals surface area contributed by atoms with Gasteiger partial charge in [-0.25, -0.2) is 0 Å². The highest BCUT2D eigenvalue weighted by Crippen LogP contribution is 1.91. The van der Waals surface area contributed by atoms with Crippen LogP contribution in [0.5, 0.6) is 0 Å². The van der Waals surface area contributed by atoms with E-state index in [-0.39, 0.29) is 19.7 Å². The molecule has 11 heavy (non-hydrogen) atoms. The summed E-state index contributed by atoms with van der Waals surface area (Å²) in [5, 5.41) is 8.53.